The Morgan fingerprint density at radius 3 is 2.20 bits per heavy atom. The van der Waals surface area contributed by atoms with E-state index in [9.17, 15) is 18.0 Å². The largest absolute Gasteiger partial charge is 0.368 e. The molecule has 30 heavy (non-hydrogen) atoms. The van der Waals surface area contributed by atoms with Crippen LogP contribution in [0, 0.1) is 6.92 Å². The fraction of sp³-hybridized carbons (Fsp3) is 0.389. The monoisotopic (exact) mass is 442 g/mol. The van der Waals surface area contributed by atoms with Crippen molar-refractivity contribution in [3.63, 3.8) is 0 Å². The van der Waals surface area contributed by atoms with E-state index in [-0.39, 0.29) is 18.5 Å². The van der Waals surface area contributed by atoms with Gasteiger partial charge in [0.1, 0.15) is 5.52 Å². The maximum Gasteiger partial charge on any atom is 0.332 e. The van der Waals surface area contributed by atoms with Gasteiger partial charge >= 0.3 is 5.69 Å². The third-order valence-electron chi connectivity index (χ3n) is 3.70. The van der Waals surface area contributed by atoms with Gasteiger partial charge in [0.2, 0.25) is 0 Å². The minimum atomic E-state index is -3.67. The molecule has 11 nitrogen and oxygen atoms in total. The standard InChI is InChI=1S/C10H14N4O4.C7H8.CH4O3S/c1-13-8-7(11-5-12-8)9(17)14(10(13)18)4-2-3-6(15)16;1-7-5-3-2-4-6-7;1-5(2,3)4/h5-6,15-16H,2-4H2,1H3,(H,11,12);2-6H,1H3;1H3,(H,2,3,4). The van der Waals surface area contributed by atoms with Crippen LogP contribution in [0.15, 0.2) is 46.2 Å². The molecule has 0 amide bonds. The summed E-state index contributed by atoms with van der Waals surface area (Å²) in [6.45, 7) is 2.22. The van der Waals surface area contributed by atoms with E-state index in [1.54, 1.807) is 0 Å². The van der Waals surface area contributed by atoms with Gasteiger partial charge in [-0.25, -0.2) is 9.78 Å². The van der Waals surface area contributed by atoms with Crippen LogP contribution in [-0.2, 0) is 23.7 Å². The molecule has 3 aromatic rings. The Kier molecular flexibility index (Phi) is 9.59. The first-order valence-corrected chi connectivity index (χ1v) is 10.7. The molecule has 0 aliphatic carbocycles. The number of rotatable bonds is 4. The van der Waals surface area contributed by atoms with Crippen LogP contribution < -0.4 is 11.2 Å². The fourth-order valence-corrected chi connectivity index (χ4v) is 2.36. The maximum absolute atomic E-state index is 12.0. The van der Waals surface area contributed by atoms with Gasteiger partial charge < -0.3 is 15.2 Å². The lowest BCUT2D eigenvalue weighted by Gasteiger charge is -2.08. The second kappa shape index (κ2) is 11.4. The highest BCUT2D eigenvalue weighted by Crippen LogP contribution is 2.00. The number of aromatic amines is 1. The summed E-state index contributed by atoms with van der Waals surface area (Å²) in [7, 11) is -2.14. The van der Waals surface area contributed by atoms with E-state index in [1.165, 1.54) is 23.5 Å². The number of hydrogen-bond donors (Lipinski definition) is 4. The first-order chi connectivity index (χ1) is 13.9. The highest BCUT2D eigenvalue weighted by Gasteiger charge is 2.12. The lowest BCUT2D eigenvalue weighted by molar-refractivity contribution is -0.0469. The van der Waals surface area contributed by atoms with E-state index in [4.69, 9.17) is 14.8 Å². The number of nitrogens with zero attached hydrogens (tertiary/aromatic N) is 3. The molecule has 2 aromatic heterocycles. The van der Waals surface area contributed by atoms with Gasteiger partial charge in [0.05, 0.1) is 12.6 Å². The van der Waals surface area contributed by atoms with Gasteiger partial charge in [-0.2, -0.15) is 8.42 Å². The Morgan fingerprint density at radius 2 is 1.73 bits per heavy atom. The summed E-state index contributed by atoms with van der Waals surface area (Å²) in [6.07, 6.45) is 1.07. The number of fused-ring (bicyclic) bond motifs is 1. The molecule has 2 heterocycles. The quantitative estimate of drug-likeness (QED) is 0.324. The van der Waals surface area contributed by atoms with E-state index in [0.717, 1.165) is 4.57 Å². The van der Waals surface area contributed by atoms with Crippen molar-refractivity contribution in [2.45, 2.75) is 32.6 Å². The first-order valence-electron chi connectivity index (χ1n) is 8.85. The molecule has 0 spiro atoms. The van der Waals surface area contributed by atoms with Crippen molar-refractivity contribution in [2.24, 2.45) is 7.05 Å². The molecule has 4 N–H and O–H groups in total. The van der Waals surface area contributed by atoms with E-state index in [2.05, 4.69) is 29.0 Å². The predicted molar refractivity (Wildman–Crippen MR) is 112 cm³/mol. The molecular weight excluding hydrogens is 416 g/mol. The summed E-state index contributed by atoms with van der Waals surface area (Å²) in [5.41, 5.74) is 0.984. The van der Waals surface area contributed by atoms with Crippen LogP contribution in [0.4, 0.5) is 0 Å². The van der Waals surface area contributed by atoms with Crippen LogP contribution in [0.25, 0.3) is 11.2 Å². The zero-order valence-electron chi connectivity index (χ0n) is 16.9. The summed E-state index contributed by atoms with van der Waals surface area (Å²) >= 11 is 0. The Balaban J connectivity index is 0.000000307. The van der Waals surface area contributed by atoms with Crippen LogP contribution in [-0.4, -0.2) is 54.8 Å². The molecule has 166 valence electrons. The van der Waals surface area contributed by atoms with Crippen molar-refractivity contribution in [1.29, 1.82) is 0 Å². The molecule has 12 heteroatoms. The van der Waals surface area contributed by atoms with Crippen molar-refractivity contribution in [3.8, 4) is 0 Å². The SMILES string of the molecule is CS(=O)(=O)O.Cc1ccccc1.Cn1c(=O)n(CCCC(O)O)c(=O)c2[nH]cnc21. The fourth-order valence-electron chi connectivity index (χ4n) is 2.36. The molecular formula is C18H26N4O7S. The summed E-state index contributed by atoms with van der Waals surface area (Å²) in [4.78, 5) is 30.5. The van der Waals surface area contributed by atoms with E-state index in [1.807, 2.05) is 18.2 Å². The summed E-state index contributed by atoms with van der Waals surface area (Å²) in [5, 5.41) is 17.5. The van der Waals surface area contributed by atoms with E-state index < -0.39 is 27.7 Å². The highest BCUT2D eigenvalue weighted by molar-refractivity contribution is 7.85. The highest BCUT2D eigenvalue weighted by atomic mass is 32.2. The van der Waals surface area contributed by atoms with Gasteiger partial charge in [-0.15, -0.1) is 0 Å². The molecule has 0 radical (unpaired) electrons. The molecule has 0 fully saturated rings. The number of benzene rings is 1. The van der Waals surface area contributed by atoms with E-state index >= 15 is 0 Å². The minimum Gasteiger partial charge on any atom is -0.368 e. The van der Waals surface area contributed by atoms with Crippen LogP contribution in [0.5, 0.6) is 0 Å². The van der Waals surface area contributed by atoms with Crippen molar-refractivity contribution in [2.75, 3.05) is 6.26 Å². The van der Waals surface area contributed by atoms with Gasteiger partial charge in [-0.3, -0.25) is 18.5 Å². The second-order valence-electron chi connectivity index (χ2n) is 6.41. The normalized spacial score (nSPS) is 10.9. The third-order valence-corrected chi connectivity index (χ3v) is 3.70. The van der Waals surface area contributed by atoms with Gasteiger partial charge in [-0.05, 0) is 19.8 Å². The number of aliphatic hydroxyl groups excluding tert-OH is 1. The maximum atomic E-state index is 12.0. The number of H-pyrrole nitrogens is 1. The Labute approximate surface area is 173 Å². The number of aryl methyl sites for hydroxylation is 2. The van der Waals surface area contributed by atoms with Gasteiger partial charge in [-0.1, -0.05) is 35.9 Å². The van der Waals surface area contributed by atoms with Crippen LogP contribution in [0.3, 0.4) is 0 Å². The van der Waals surface area contributed by atoms with Crippen LogP contribution >= 0.6 is 0 Å². The van der Waals surface area contributed by atoms with Crippen molar-refractivity contribution in [1.82, 2.24) is 19.1 Å². The Hall–Kier alpha value is -2.80. The van der Waals surface area contributed by atoms with Gasteiger partial charge in [0, 0.05) is 13.6 Å². The Bertz CT molecular complexity index is 1140. The molecule has 0 saturated heterocycles. The molecule has 1 aromatic carbocycles. The third kappa shape index (κ3) is 8.69. The number of aliphatic hydroxyl groups is 2. The number of imidazole rings is 1. The average Bonchev–Trinajstić information content (AvgIpc) is 3.12. The molecule has 0 saturated carbocycles. The zero-order valence-corrected chi connectivity index (χ0v) is 17.7. The van der Waals surface area contributed by atoms with Crippen molar-refractivity contribution >= 4 is 21.3 Å². The second-order valence-corrected chi connectivity index (χ2v) is 7.88. The predicted octanol–water partition coefficient (Wildman–Crippen LogP) is 0.0132. The lowest BCUT2D eigenvalue weighted by Crippen LogP contribution is -2.39. The first kappa shape index (κ1) is 25.2. The molecule has 0 bridgehead atoms. The number of aromatic nitrogens is 4. The minimum absolute atomic E-state index is 0.108. The summed E-state index contributed by atoms with van der Waals surface area (Å²) in [6, 6.07) is 10.3. The van der Waals surface area contributed by atoms with Crippen molar-refractivity contribution < 1.29 is 23.2 Å². The topological polar surface area (TPSA) is 168 Å². The lowest BCUT2D eigenvalue weighted by atomic mass is 10.2. The van der Waals surface area contributed by atoms with Crippen molar-refractivity contribution in [3.05, 3.63) is 63.1 Å². The van der Waals surface area contributed by atoms with Gasteiger partial charge in [0.15, 0.2) is 11.9 Å². The number of hydrogen-bond acceptors (Lipinski definition) is 7. The smallest absolute Gasteiger partial charge is 0.332 e. The molecule has 0 aliphatic rings. The summed E-state index contributed by atoms with van der Waals surface area (Å²) in [5.74, 6) is 0. The van der Waals surface area contributed by atoms with Crippen LogP contribution in [0.2, 0.25) is 0 Å². The summed E-state index contributed by atoms with van der Waals surface area (Å²) < 4.78 is 28.2. The molecule has 0 aliphatic heterocycles. The molecule has 3 rings (SSSR count). The zero-order chi connectivity index (χ0) is 22.9. The Morgan fingerprint density at radius 1 is 1.17 bits per heavy atom. The van der Waals surface area contributed by atoms with Gasteiger partial charge in [0.25, 0.3) is 15.7 Å². The molecule has 0 atom stereocenters. The average molecular weight is 442 g/mol. The number of nitrogens with one attached hydrogen (secondary N) is 1. The van der Waals surface area contributed by atoms with Crippen LogP contribution in [0.1, 0.15) is 18.4 Å². The molecule has 0 unspecified atom stereocenters. The van der Waals surface area contributed by atoms with E-state index in [0.29, 0.717) is 18.3 Å².